The molecule has 0 saturated carbocycles. The number of terminal acetylenes is 1. The van der Waals surface area contributed by atoms with Crippen LogP contribution in [0.3, 0.4) is 0 Å². The smallest absolute Gasteiger partial charge is 0.484 e. The molecule has 1 heterocycles. The molecule has 1 aliphatic heterocycles. The average molecular weight is 473 g/mol. The third kappa shape index (κ3) is 4.67. The second-order valence-electron chi connectivity index (χ2n) is 7.24. The highest BCUT2D eigenvalue weighted by molar-refractivity contribution is 7.87. The number of ether oxygens (including phenoxy) is 1. The maximum atomic E-state index is 12.9. The van der Waals surface area contributed by atoms with Gasteiger partial charge in [0.2, 0.25) is 0 Å². The van der Waals surface area contributed by atoms with Crippen molar-refractivity contribution < 1.29 is 30.5 Å². The number of hydrogen-bond acceptors (Lipinski definition) is 5. The van der Waals surface area contributed by atoms with Crippen molar-refractivity contribution in [3.05, 3.63) is 83.9 Å². The first-order chi connectivity index (χ1) is 15.7. The third-order valence-corrected chi connectivity index (χ3v) is 6.04. The normalized spacial score (nSPS) is 16.8. The Morgan fingerprint density at radius 1 is 1.06 bits per heavy atom. The second-order valence-corrected chi connectivity index (χ2v) is 8.78. The number of hydrogen-bond donors (Lipinski definition) is 1. The fourth-order valence-corrected chi connectivity index (χ4v) is 4.04. The van der Waals surface area contributed by atoms with E-state index >= 15 is 0 Å². The van der Waals surface area contributed by atoms with Crippen molar-refractivity contribution in [1.82, 2.24) is 5.32 Å². The fourth-order valence-electron chi connectivity index (χ4n) is 3.56. The number of nitrogens with one attached hydrogen (secondary N) is 1. The maximum absolute atomic E-state index is 12.9. The minimum Gasteiger partial charge on any atom is -0.484 e. The lowest BCUT2D eigenvalue weighted by molar-refractivity contribution is -0.0510. The largest absolute Gasteiger partial charge is 0.534 e. The molecule has 3 aromatic rings. The van der Waals surface area contributed by atoms with Crippen molar-refractivity contribution in [2.75, 3.05) is 6.54 Å². The lowest BCUT2D eigenvalue weighted by Crippen LogP contribution is -2.34. The molecule has 1 N–H and O–H groups in total. The minimum atomic E-state index is -5.84. The number of alkyl halides is 3. The van der Waals surface area contributed by atoms with Gasteiger partial charge >= 0.3 is 15.6 Å². The zero-order valence-electron chi connectivity index (χ0n) is 17.0. The van der Waals surface area contributed by atoms with Crippen LogP contribution in [0.4, 0.5) is 13.2 Å². The molecular weight excluding hydrogens is 455 g/mol. The van der Waals surface area contributed by atoms with Crippen molar-refractivity contribution >= 4 is 26.6 Å². The van der Waals surface area contributed by atoms with Crippen LogP contribution in [-0.2, 0) is 14.3 Å². The van der Waals surface area contributed by atoms with E-state index < -0.39 is 33.5 Å². The lowest BCUT2D eigenvalue weighted by Gasteiger charge is -2.26. The van der Waals surface area contributed by atoms with Gasteiger partial charge < -0.3 is 8.92 Å². The van der Waals surface area contributed by atoms with Crippen LogP contribution in [-0.4, -0.2) is 26.6 Å². The number of halogens is 3. The zero-order chi connectivity index (χ0) is 23.6. The molecule has 0 spiro atoms. The molecule has 4 rings (SSSR count). The number of benzene rings is 3. The SMILES string of the molecule is C#C[C@@H](NC[C@H]1C=C(OS(=O)(=O)C(F)(F)F)c2ccccc2O1)c1cccc2ccccc12. The summed E-state index contributed by atoms with van der Waals surface area (Å²) in [6.07, 6.45) is 6.11. The first-order valence-electron chi connectivity index (χ1n) is 9.85. The topological polar surface area (TPSA) is 64.6 Å². The van der Waals surface area contributed by atoms with Gasteiger partial charge in [0.25, 0.3) is 0 Å². The van der Waals surface area contributed by atoms with Gasteiger partial charge in [-0.2, -0.15) is 21.6 Å². The summed E-state index contributed by atoms with van der Waals surface area (Å²) < 4.78 is 72.0. The van der Waals surface area contributed by atoms with Crippen LogP contribution in [0.1, 0.15) is 17.2 Å². The van der Waals surface area contributed by atoms with E-state index in [9.17, 15) is 21.6 Å². The molecule has 0 amide bonds. The highest BCUT2D eigenvalue weighted by Gasteiger charge is 2.49. The van der Waals surface area contributed by atoms with Gasteiger partial charge in [0, 0.05) is 12.6 Å². The van der Waals surface area contributed by atoms with E-state index in [0.29, 0.717) is 0 Å². The van der Waals surface area contributed by atoms with Crippen molar-refractivity contribution in [3.63, 3.8) is 0 Å². The van der Waals surface area contributed by atoms with E-state index in [4.69, 9.17) is 11.2 Å². The van der Waals surface area contributed by atoms with Gasteiger partial charge in [0.1, 0.15) is 11.9 Å². The Balaban J connectivity index is 1.59. The predicted molar refractivity (Wildman–Crippen MR) is 118 cm³/mol. The molecule has 5 nitrogen and oxygen atoms in total. The number of para-hydroxylation sites is 1. The summed E-state index contributed by atoms with van der Waals surface area (Å²) in [5.74, 6) is 2.42. The first kappa shape index (κ1) is 22.7. The van der Waals surface area contributed by atoms with Crippen LogP contribution in [0.5, 0.6) is 5.75 Å². The molecule has 0 saturated heterocycles. The fraction of sp³-hybridized carbons (Fsp3) is 0.167. The number of fused-ring (bicyclic) bond motifs is 2. The molecule has 0 bridgehead atoms. The quantitative estimate of drug-likeness (QED) is 0.317. The monoisotopic (exact) mass is 473 g/mol. The van der Waals surface area contributed by atoms with Gasteiger partial charge in [-0.15, -0.1) is 6.42 Å². The molecule has 0 unspecified atom stereocenters. The summed E-state index contributed by atoms with van der Waals surface area (Å²) in [5.41, 5.74) is -4.60. The van der Waals surface area contributed by atoms with E-state index in [-0.39, 0.29) is 17.9 Å². The Hall–Kier alpha value is -3.48. The van der Waals surface area contributed by atoms with Crippen molar-refractivity contribution in [2.45, 2.75) is 17.7 Å². The van der Waals surface area contributed by atoms with E-state index in [2.05, 4.69) is 15.4 Å². The maximum Gasteiger partial charge on any atom is 0.534 e. The number of rotatable bonds is 6. The van der Waals surface area contributed by atoms with Crippen LogP contribution in [0.2, 0.25) is 0 Å². The molecule has 0 radical (unpaired) electrons. The molecule has 33 heavy (non-hydrogen) atoms. The molecule has 9 heteroatoms. The summed E-state index contributed by atoms with van der Waals surface area (Å²) in [4.78, 5) is 0. The Bertz CT molecular complexity index is 1350. The lowest BCUT2D eigenvalue weighted by atomic mass is 9.99. The first-order valence-corrected chi connectivity index (χ1v) is 11.3. The summed E-state index contributed by atoms with van der Waals surface area (Å²) >= 11 is 0. The van der Waals surface area contributed by atoms with Gasteiger partial charge in [-0.25, -0.2) is 0 Å². The van der Waals surface area contributed by atoms with E-state index in [1.54, 1.807) is 6.07 Å². The summed E-state index contributed by atoms with van der Waals surface area (Å²) in [7, 11) is -5.84. The standard InChI is InChI=1S/C24H18F3NO4S/c1-2-21(19-12-7-9-16-8-3-4-10-18(16)19)28-15-17-14-23(32-33(29,30)24(25,26)27)20-11-5-6-13-22(20)31-17/h1,3-14,17,21,28H,15H2/t17-,21-/m1/s1. The summed E-state index contributed by atoms with van der Waals surface area (Å²) in [6, 6.07) is 19.0. The van der Waals surface area contributed by atoms with Crippen LogP contribution >= 0.6 is 0 Å². The van der Waals surface area contributed by atoms with Crippen LogP contribution < -0.4 is 10.1 Å². The molecule has 3 aromatic carbocycles. The Morgan fingerprint density at radius 2 is 1.76 bits per heavy atom. The van der Waals surface area contributed by atoms with E-state index in [1.807, 2.05) is 42.5 Å². The molecule has 0 fully saturated rings. The highest BCUT2D eigenvalue weighted by atomic mass is 32.2. The van der Waals surface area contributed by atoms with Gasteiger partial charge in [-0.1, -0.05) is 60.5 Å². The zero-order valence-corrected chi connectivity index (χ0v) is 17.9. The molecule has 0 aliphatic carbocycles. The van der Waals surface area contributed by atoms with Gasteiger partial charge in [0.15, 0.2) is 5.76 Å². The van der Waals surface area contributed by atoms with Crippen molar-refractivity contribution in [3.8, 4) is 18.1 Å². The second kappa shape index (κ2) is 8.81. The van der Waals surface area contributed by atoms with E-state index in [1.165, 1.54) is 24.3 Å². The Labute approximate surface area is 189 Å². The van der Waals surface area contributed by atoms with Crippen molar-refractivity contribution in [1.29, 1.82) is 0 Å². The molecule has 1 aliphatic rings. The average Bonchev–Trinajstić information content (AvgIpc) is 2.78. The molecule has 0 aromatic heterocycles. The highest BCUT2D eigenvalue weighted by Crippen LogP contribution is 2.36. The van der Waals surface area contributed by atoms with Crippen LogP contribution in [0.15, 0.2) is 72.8 Å². The van der Waals surface area contributed by atoms with E-state index in [0.717, 1.165) is 16.3 Å². The Morgan fingerprint density at radius 3 is 2.52 bits per heavy atom. The molecule has 2 atom stereocenters. The van der Waals surface area contributed by atoms with Gasteiger partial charge in [0.05, 0.1) is 11.6 Å². The van der Waals surface area contributed by atoms with Crippen LogP contribution in [0.25, 0.3) is 16.5 Å². The molecular formula is C24H18F3NO4S. The summed E-state index contributed by atoms with van der Waals surface area (Å²) in [5, 5.41) is 5.13. The summed E-state index contributed by atoms with van der Waals surface area (Å²) in [6.45, 7) is 0.0886. The predicted octanol–water partition coefficient (Wildman–Crippen LogP) is 4.77. The Kier molecular flexibility index (Phi) is 6.06. The minimum absolute atomic E-state index is 0.0886. The van der Waals surface area contributed by atoms with Crippen molar-refractivity contribution in [2.24, 2.45) is 0 Å². The molecule has 170 valence electrons. The van der Waals surface area contributed by atoms with Crippen LogP contribution in [0, 0.1) is 12.3 Å². The van der Waals surface area contributed by atoms with Gasteiger partial charge in [-0.05, 0) is 28.5 Å². The van der Waals surface area contributed by atoms with Gasteiger partial charge in [-0.3, -0.25) is 5.32 Å². The third-order valence-electron chi connectivity index (χ3n) is 5.08.